The van der Waals surface area contributed by atoms with Gasteiger partial charge in [-0.25, -0.2) is 9.78 Å². The summed E-state index contributed by atoms with van der Waals surface area (Å²) < 4.78 is 12.2. The summed E-state index contributed by atoms with van der Waals surface area (Å²) in [6, 6.07) is 8.24. The highest BCUT2D eigenvalue weighted by atomic mass is 32.1. The van der Waals surface area contributed by atoms with Gasteiger partial charge in [0.15, 0.2) is 4.88 Å². The summed E-state index contributed by atoms with van der Waals surface area (Å²) in [5.41, 5.74) is 3.21. The van der Waals surface area contributed by atoms with Gasteiger partial charge in [0, 0.05) is 38.8 Å². The van der Waals surface area contributed by atoms with Crippen LogP contribution in [0.5, 0.6) is 5.75 Å². The molecule has 0 aliphatic carbocycles. The van der Waals surface area contributed by atoms with E-state index in [1.165, 1.54) is 24.0 Å². The first-order valence-electron chi connectivity index (χ1n) is 9.22. The molecule has 1 saturated heterocycles. The summed E-state index contributed by atoms with van der Waals surface area (Å²) >= 11 is 1.34. The lowest BCUT2D eigenvalue weighted by molar-refractivity contribution is 0.0603. The van der Waals surface area contributed by atoms with E-state index in [0.29, 0.717) is 10.6 Å². The standard InChI is InChI=1S/C20H24N4O3S/c1-22-6-8-23(9-7-22)12-14-4-5-15-16(10-14)24(13-21-15)18-11-17(26-2)19(28-18)20(25)27-3/h4-5,10-11,13H,6-9,12H2,1-3H3. The van der Waals surface area contributed by atoms with Gasteiger partial charge >= 0.3 is 5.97 Å². The maximum atomic E-state index is 12.0. The van der Waals surface area contributed by atoms with Gasteiger partial charge in [-0.05, 0) is 24.7 Å². The number of likely N-dealkylation sites (N-methyl/N-ethyl adjacent to an activating group) is 1. The van der Waals surface area contributed by atoms with E-state index < -0.39 is 5.97 Å². The molecule has 0 bridgehead atoms. The number of imidazole rings is 1. The topological polar surface area (TPSA) is 59.8 Å². The van der Waals surface area contributed by atoms with Gasteiger partial charge in [0.25, 0.3) is 0 Å². The Morgan fingerprint density at radius 2 is 1.96 bits per heavy atom. The lowest BCUT2D eigenvalue weighted by Gasteiger charge is -2.32. The second kappa shape index (κ2) is 7.90. The maximum absolute atomic E-state index is 12.0. The van der Waals surface area contributed by atoms with Crippen LogP contribution in [-0.4, -0.2) is 72.8 Å². The van der Waals surface area contributed by atoms with Crippen LogP contribution in [0.2, 0.25) is 0 Å². The van der Waals surface area contributed by atoms with E-state index in [4.69, 9.17) is 9.47 Å². The first kappa shape index (κ1) is 18.9. The predicted molar refractivity (Wildman–Crippen MR) is 110 cm³/mol. The summed E-state index contributed by atoms with van der Waals surface area (Å²) in [7, 11) is 5.09. The fourth-order valence-corrected chi connectivity index (χ4v) is 4.49. The molecule has 0 unspecified atom stereocenters. The molecule has 28 heavy (non-hydrogen) atoms. The van der Waals surface area contributed by atoms with Crippen molar-refractivity contribution < 1.29 is 14.3 Å². The Balaban J connectivity index is 1.65. The first-order chi connectivity index (χ1) is 13.6. The quantitative estimate of drug-likeness (QED) is 0.614. The molecule has 0 spiro atoms. The van der Waals surface area contributed by atoms with Crippen LogP contribution in [0, 0.1) is 0 Å². The van der Waals surface area contributed by atoms with Crippen molar-refractivity contribution >= 4 is 28.3 Å². The minimum Gasteiger partial charge on any atom is -0.495 e. The highest BCUT2D eigenvalue weighted by Gasteiger charge is 2.20. The molecule has 0 amide bonds. The fourth-order valence-electron chi connectivity index (χ4n) is 3.46. The number of rotatable bonds is 5. The number of nitrogens with zero attached hydrogens (tertiary/aromatic N) is 4. The number of hydrogen-bond donors (Lipinski definition) is 0. The molecule has 148 valence electrons. The zero-order chi connectivity index (χ0) is 19.7. The number of fused-ring (bicyclic) bond motifs is 1. The van der Waals surface area contributed by atoms with Crippen molar-refractivity contribution in [2.24, 2.45) is 0 Å². The number of methoxy groups -OCH3 is 2. The van der Waals surface area contributed by atoms with Crippen molar-refractivity contribution in [3.05, 3.63) is 41.0 Å². The molecule has 1 aliphatic rings. The lowest BCUT2D eigenvalue weighted by atomic mass is 10.1. The minimum absolute atomic E-state index is 0.395. The van der Waals surface area contributed by atoms with Crippen LogP contribution < -0.4 is 4.74 Å². The fraction of sp³-hybridized carbons (Fsp3) is 0.400. The van der Waals surface area contributed by atoms with E-state index in [1.807, 2.05) is 10.6 Å². The van der Waals surface area contributed by atoms with Gasteiger partial charge in [0.05, 0.1) is 25.3 Å². The van der Waals surface area contributed by atoms with Gasteiger partial charge in [-0.1, -0.05) is 6.07 Å². The van der Waals surface area contributed by atoms with Crippen LogP contribution in [0.4, 0.5) is 0 Å². The summed E-state index contributed by atoms with van der Waals surface area (Å²) in [6.07, 6.45) is 1.79. The van der Waals surface area contributed by atoms with Crippen molar-refractivity contribution in [1.29, 1.82) is 0 Å². The second-order valence-corrected chi connectivity index (χ2v) is 8.02. The molecule has 7 nitrogen and oxygen atoms in total. The van der Waals surface area contributed by atoms with Gasteiger partial charge in [-0.2, -0.15) is 0 Å². The molecule has 3 heterocycles. The summed E-state index contributed by atoms with van der Waals surface area (Å²) in [6.45, 7) is 5.30. The predicted octanol–water partition coefficient (Wildman–Crippen LogP) is 2.63. The number of piperazine rings is 1. The number of benzene rings is 1. The Kier molecular flexibility index (Phi) is 5.34. The Morgan fingerprint density at radius 1 is 1.18 bits per heavy atom. The van der Waals surface area contributed by atoms with E-state index >= 15 is 0 Å². The molecule has 1 aliphatic heterocycles. The van der Waals surface area contributed by atoms with E-state index in [2.05, 4.69) is 40.0 Å². The van der Waals surface area contributed by atoms with E-state index in [-0.39, 0.29) is 0 Å². The van der Waals surface area contributed by atoms with Crippen LogP contribution in [0.1, 0.15) is 15.2 Å². The summed E-state index contributed by atoms with van der Waals surface area (Å²) in [4.78, 5) is 21.8. The highest BCUT2D eigenvalue weighted by molar-refractivity contribution is 7.16. The normalized spacial score (nSPS) is 15.8. The Labute approximate surface area is 168 Å². The number of thiophene rings is 1. The van der Waals surface area contributed by atoms with Gasteiger partial charge in [-0.15, -0.1) is 11.3 Å². The zero-order valence-corrected chi connectivity index (χ0v) is 17.2. The van der Waals surface area contributed by atoms with Gasteiger partial charge in [0.2, 0.25) is 0 Å². The zero-order valence-electron chi connectivity index (χ0n) is 16.3. The van der Waals surface area contributed by atoms with Gasteiger partial charge < -0.3 is 14.4 Å². The van der Waals surface area contributed by atoms with Crippen molar-refractivity contribution in [2.75, 3.05) is 47.4 Å². The molecule has 8 heteroatoms. The first-order valence-corrected chi connectivity index (χ1v) is 10.0. The monoisotopic (exact) mass is 400 g/mol. The van der Waals surface area contributed by atoms with Gasteiger partial charge in [0.1, 0.15) is 17.1 Å². The largest absolute Gasteiger partial charge is 0.495 e. The van der Waals surface area contributed by atoms with Crippen LogP contribution >= 0.6 is 11.3 Å². The number of ether oxygens (including phenoxy) is 2. The summed E-state index contributed by atoms with van der Waals surface area (Å²) in [5.74, 6) is 0.121. The highest BCUT2D eigenvalue weighted by Crippen LogP contribution is 2.34. The average molecular weight is 401 g/mol. The van der Waals surface area contributed by atoms with Crippen LogP contribution in [0.3, 0.4) is 0 Å². The summed E-state index contributed by atoms with van der Waals surface area (Å²) in [5, 5.41) is 0.872. The molecule has 4 rings (SSSR count). The van der Waals surface area contributed by atoms with E-state index in [1.54, 1.807) is 13.4 Å². The SMILES string of the molecule is COC(=O)c1sc(-n2cnc3ccc(CN4CCN(C)CC4)cc32)cc1OC. The second-order valence-electron chi connectivity index (χ2n) is 6.99. The smallest absolute Gasteiger partial charge is 0.351 e. The van der Waals surface area contributed by atoms with Crippen LogP contribution in [0.15, 0.2) is 30.6 Å². The van der Waals surface area contributed by atoms with Crippen molar-refractivity contribution in [2.45, 2.75) is 6.54 Å². The molecule has 0 N–H and O–H groups in total. The maximum Gasteiger partial charge on any atom is 0.351 e. The molecule has 0 atom stereocenters. The third-order valence-corrected chi connectivity index (χ3v) is 6.22. The van der Waals surface area contributed by atoms with Gasteiger partial charge in [-0.3, -0.25) is 9.47 Å². The molecular weight excluding hydrogens is 376 g/mol. The molecule has 0 saturated carbocycles. The van der Waals surface area contributed by atoms with Crippen molar-refractivity contribution in [3.63, 3.8) is 0 Å². The Morgan fingerprint density at radius 3 is 2.68 bits per heavy atom. The number of carbonyl (C=O) groups is 1. The number of hydrogen-bond acceptors (Lipinski definition) is 7. The van der Waals surface area contributed by atoms with E-state index in [9.17, 15) is 4.79 Å². The number of carbonyl (C=O) groups excluding carboxylic acids is 1. The van der Waals surface area contributed by atoms with Crippen molar-refractivity contribution in [3.8, 4) is 10.8 Å². The third kappa shape index (κ3) is 3.63. The lowest BCUT2D eigenvalue weighted by Crippen LogP contribution is -2.43. The Bertz CT molecular complexity index is 989. The molecule has 1 aromatic carbocycles. The molecule has 1 fully saturated rings. The van der Waals surface area contributed by atoms with Crippen LogP contribution in [-0.2, 0) is 11.3 Å². The molecule has 2 aromatic heterocycles. The molecule has 3 aromatic rings. The van der Waals surface area contributed by atoms with E-state index in [0.717, 1.165) is 48.8 Å². The average Bonchev–Trinajstić information content (AvgIpc) is 3.32. The molecule has 0 radical (unpaired) electrons. The molecular formula is C20H24N4O3S. The Hall–Kier alpha value is -2.42. The number of esters is 1. The van der Waals surface area contributed by atoms with Crippen LogP contribution in [0.25, 0.3) is 16.0 Å². The minimum atomic E-state index is -0.395. The third-order valence-electron chi connectivity index (χ3n) is 5.13. The van der Waals surface area contributed by atoms with Crippen molar-refractivity contribution in [1.82, 2.24) is 19.4 Å². The number of aromatic nitrogens is 2.